The van der Waals surface area contributed by atoms with Crippen LogP contribution in [0.4, 0.5) is 5.69 Å². The van der Waals surface area contributed by atoms with Gasteiger partial charge in [-0.25, -0.2) is 0 Å². The first-order valence-corrected chi connectivity index (χ1v) is 7.61. The summed E-state index contributed by atoms with van der Waals surface area (Å²) >= 11 is 0. The molecule has 20 heavy (non-hydrogen) atoms. The smallest absolute Gasteiger partial charge is 0.323 e. The number of para-hydroxylation sites is 1. The number of carbonyl (C=O) groups is 1. The number of hydrogen-bond donors (Lipinski definition) is 1. The molecule has 3 nitrogen and oxygen atoms in total. The van der Waals surface area contributed by atoms with E-state index in [1.54, 1.807) is 0 Å². The van der Waals surface area contributed by atoms with Gasteiger partial charge in [-0.05, 0) is 49.7 Å². The van der Waals surface area contributed by atoms with Crippen LogP contribution in [0.3, 0.4) is 0 Å². The van der Waals surface area contributed by atoms with E-state index < -0.39 is 5.97 Å². The SMILES string of the molecule is CC(C)C1CCC(N(CC(=O)O)c2ccccc2)CC1. The molecule has 0 aromatic heterocycles. The molecule has 2 rings (SSSR count). The van der Waals surface area contributed by atoms with Gasteiger partial charge in [0, 0.05) is 11.7 Å². The van der Waals surface area contributed by atoms with Crippen LogP contribution >= 0.6 is 0 Å². The van der Waals surface area contributed by atoms with E-state index >= 15 is 0 Å². The molecule has 0 amide bonds. The average molecular weight is 275 g/mol. The molecule has 1 N–H and O–H groups in total. The summed E-state index contributed by atoms with van der Waals surface area (Å²) in [5, 5.41) is 9.17. The Morgan fingerprint density at radius 1 is 1.20 bits per heavy atom. The Hall–Kier alpha value is -1.51. The van der Waals surface area contributed by atoms with Crippen molar-refractivity contribution >= 4 is 11.7 Å². The van der Waals surface area contributed by atoms with Gasteiger partial charge >= 0.3 is 5.97 Å². The van der Waals surface area contributed by atoms with Gasteiger partial charge in [0.05, 0.1) is 0 Å². The Bertz CT molecular complexity index is 422. The molecule has 0 heterocycles. The molecular weight excluding hydrogens is 250 g/mol. The van der Waals surface area contributed by atoms with E-state index in [1.807, 2.05) is 30.3 Å². The summed E-state index contributed by atoms with van der Waals surface area (Å²) in [6, 6.07) is 10.3. The molecule has 1 saturated carbocycles. The van der Waals surface area contributed by atoms with Gasteiger partial charge in [-0.15, -0.1) is 0 Å². The summed E-state index contributed by atoms with van der Waals surface area (Å²) < 4.78 is 0. The summed E-state index contributed by atoms with van der Waals surface area (Å²) in [6.45, 7) is 4.68. The predicted molar refractivity (Wildman–Crippen MR) is 82.0 cm³/mol. The number of aliphatic carboxylic acids is 1. The lowest BCUT2D eigenvalue weighted by molar-refractivity contribution is -0.135. The van der Waals surface area contributed by atoms with E-state index in [9.17, 15) is 9.90 Å². The Kier molecular flexibility index (Phi) is 5.05. The minimum absolute atomic E-state index is 0.0982. The predicted octanol–water partition coefficient (Wildman–Crippen LogP) is 3.79. The van der Waals surface area contributed by atoms with Crippen molar-refractivity contribution in [3.05, 3.63) is 30.3 Å². The maximum absolute atomic E-state index is 11.2. The van der Waals surface area contributed by atoms with Crippen LogP contribution in [0, 0.1) is 11.8 Å². The Morgan fingerprint density at radius 2 is 1.80 bits per heavy atom. The van der Waals surface area contributed by atoms with Gasteiger partial charge in [0.2, 0.25) is 0 Å². The van der Waals surface area contributed by atoms with Crippen molar-refractivity contribution < 1.29 is 9.90 Å². The van der Waals surface area contributed by atoms with Crippen molar-refractivity contribution in [1.82, 2.24) is 0 Å². The highest BCUT2D eigenvalue weighted by molar-refractivity contribution is 5.74. The Balaban J connectivity index is 2.07. The fourth-order valence-corrected chi connectivity index (χ4v) is 3.28. The summed E-state index contributed by atoms with van der Waals surface area (Å²) in [6.07, 6.45) is 4.63. The molecule has 0 unspecified atom stereocenters. The van der Waals surface area contributed by atoms with Gasteiger partial charge < -0.3 is 10.0 Å². The third-order valence-corrected chi connectivity index (χ3v) is 4.52. The Labute approximate surface area is 121 Å². The number of hydrogen-bond acceptors (Lipinski definition) is 2. The third kappa shape index (κ3) is 3.75. The topological polar surface area (TPSA) is 40.5 Å². The quantitative estimate of drug-likeness (QED) is 0.888. The highest BCUT2D eigenvalue weighted by atomic mass is 16.4. The molecule has 3 heteroatoms. The van der Waals surface area contributed by atoms with E-state index in [0.29, 0.717) is 6.04 Å². The second-order valence-corrected chi connectivity index (χ2v) is 6.17. The summed E-state index contributed by atoms with van der Waals surface area (Å²) in [7, 11) is 0. The largest absolute Gasteiger partial charge is 0.480 e. The number of carboxylic acid groups (broad SMARTS) is 1. The maximum Gasteiger partial charge on any atom is 0.323 e. The molecule has 0 bridgehead atoms. The molecule has 1 aromatic carbocycles. The average Bonchev–Trinajstić information content (AvgIpc) is 2.45. The van der Waals surface area contributed by atoms with E-state index in [4.69, 9.17) is 0 Å². The standard InChI is InChI=1S/C17H25NO2/c1-13(2)14-8-10-16(11-9-14)18(12-17(19)20)15-6-4-3-5-7-15/h3-7,13-14,16H,8-12H2,1-2H3,(H,19,20). The lowest BCUT2D eigenvalue weighted by Gasteiger charge is -2.38. The van der Waals surface area contributed by atoms with Crippen LogP contribution in [0.2, 0.25) is 0 Å². The first kappa shape index (κ1) is 14.9. The molecule has 1 aromatic rings. The van der Waals surface area contributed by atoms with Crippen LogP contribution in [0.25, 0.3) is 0 Å². The van der Waals surface area contributed by atoms with E-state index in [0.717, 1.165) is 30.4 Å². The summed E-state index contributed by atoms with van der Waals surface area (Å²) in [4.78, 5) is 13.2. The zero-order chi connectivity index (χ0) is 14.5. The molecule has 0 aliphatic heterocycles. The minimum atomic E-state index is -0.750. The van der Waals surface area contributed by atoms with Crippen LogP contribution in [-0.4, -0.2) is 23.7 Å². The number of carboxylic acids is 1. The summed E-state index contributed by atoms with van der Waals surface area (Å²) in [5.41, 5.74) is 1.03. The number of anilines is 1. The lowest BCUT2D eigenvalue weighted by atomic mass is 9.79. The normalized spacial score (nSPS) is 22.8. The van der Waals surface area contributed by atoms with Gasteiger partial charge in [-0.2, -0.15) is 0 Å². The van der Waals surface area contributed by atoms with Crippen molar-refractivity contribution in [3.63, 3.8) is 0 Å². The van der Waals surface area contributed by atoms with Crippen LogP contribution in [0.15, 0.2) is 30.3 Å². The van der Waals surface area contributed by atoms with E-state index in [2.05, 4.69) is 18.7 Å². The van der Waals surface area contributed by atoms with Gasteiger partial charge in [0.1, 0.15) is 6.54 Å². The van der Waals surface area contributed by atoms with Crippen LogP contribution < -0.4 is 4.90 Å². The van der Waals surface area contributed by atoms with Crippen molar-refractivity contribution in [1.29, 1.82) is 0 Å². The van der Waals surface area contributed by atoms with Gasteiger partial charge in [-0.1, -0.05) is 32.0 Å². The second kappa shape index (κ2) is 6.78. The van der Waals surface area contributed by atoms with Crippen molar-refractivity contribution in [2.45, 2.75) is 45.6 Å². The fraction of sp³-hybridized carbons (Fsp3) is 0.588. The molecule has 1 fully saturated rings. The van der Waals surface area contributed by atoms with Crippen molar-refractivity contribution in [3.8, 4) is 0 Å². The lowest BCUT2D eigenvalue weighted by Crippen LogP contribution is -2.41. The Morgan fingerprint density at radius 3 is 2.30 bits per heavy atom. The van der Waals surface area contributed by atoms with Crippen LogP contribution in [0.5, 0.6) is 0 Å². The molecule has 0 atom stereocenters. The first-order chi connectivity index (χ1) is 9.58. The van der Waals surface area contributed by atoms with Crippen LogP contribution in [-0.2, 0) is 4.79 Å². The second-order valence-electron chi connectivity index (χ2n) is 6.17. The molecule has 0 saturated heterocycles. The van der Waals surface area contributed by atoms with Gasteiger partial charge in [-0.3, -0.25) is 4.79 Å². The monoisotopic (exact) mass is 275 g/mol. The number of nitrogens with zero attached hydrogens (tertiary/aromatic N) is 1. The maximum atomic E-state index is 11.2. The highest BCUT2D eigenvalue weighted by Gasteiger charge is 2.28. The number of rotatable bonds is 5. The molecule has 110 valence electrons. The minimum Gasteiger partial charge on any atom is -0.480 e. The molecular formula is C17H25NO2. The van der Waals surface area contributed by atoms with E-state index in [-0.39, 0.29) is 6.54 Å². The molecule has 0 spiro atoms. The van der Waals surface area contributed by atoms with Crippen LogP contribution in [0.1, 0.15) is 39.5 Å². The zero-order valence-corrected chi connectivity index (χ0v) is 12.5. The molecule has 1 aliphatic rings. The molecule has 1 aliphatic carbocycles. The van der Waals surface area contributed by atoms with E-state index in [1.165, 1.54) is 12.8 Å². The summed E-state index contributed by atoms with van der Waals surface area (Å²) in [5.74, 6) is 0.786. The van der Waals surface area contributed by atoms with Gasteiger partial charge in [0.15, 0.2) is 0 Å². The third-order valence-electron chi connectivity index (χ3n) is 4.52. The first-order valence-electron chi connectivity index (χ1n) is 7.61. The highest BCUT2D eigenvalue weighted by Crippen LogP contribution is 2.33. The molecule has 0 radical (unpaired) electrons. The van der Waals surface area contributed by atoms with Crippen molar-refractivity contribution in [2.24, 2.45) is 11.8 Å². The van der Waals surface area contributed by atoms with Gasteiger partial charge in [0.25, 0.3) is 0 Å². The fourth-order valence-electron chi connectivity index (χ4n) is 3.28. The number of benzene rings is 1. The zero-order valence-electron chi connectivity index (χ0n) is 12.5. The van der Waals surface area contributed by atoms with Crippen molar-refractivity contribution in [2.75, 3.05) is 11.4 Å².